The maximum absolute atomic E-state index is 13.9. The second kappa shape index (κ2) is 10.6. The number of phenolic OH excluding ortho intramolecular Hbond substituents is 1. The molecule has 0 amide bonds. The van der Waals surface area contributed by atoms with E-state index in [4.69, 9.17) is 0 Å². The predicted octanol–water partition coefficient (Wildman–Crippen LogP) is 3.37. The molecule has 2 atom stereocenters. The first-order valence-corrected chi connectivity index (χ1v) is 13.4. The van der Waals surface area contributed by atoms with Crippen LogP contribution in [0, 0.1) is 0 Å². The number of hydrogen-bond donors (Lipinski definition) is 4. The third-order valence-corrected chi connectivity index (χ3v) is 7.84. The number of rotatable bonds is 7. The first-order valence-electron chi connectivity index (χ1n) is 13.4. The van der Waals surface area contributed by atoms with Gasteiger partial charge in [-0.2, -0.15) is 0 Å². The van der Waals surface area contributed by atoms with Crippen LogP contribution in [-0.4, -0.2) is 69.5 Å². The predicted molar refractivity (Wildman–Crippen MR) is 151 cm³/mol. The molecule has 1 aliphatic heterocycles. The minimum atomic E-state index is -1.20. The smallest absolute Gasteiger partial charge is 0.335 e. The molecular weight excluding hydrogens is 542 g/mol. The maximum Gasteiger partial charge on any atom is 0.335 e. The van der Waals surface area contributed by atoms with Crippen LogP contribution in [0.3, 0.4) is 0 Å². The van der Waals surface area contributed by atoms with E-state index in [-0.39, 0.29) is 52.4 Å². The zero-order chi connectivity index (χ0) is 29.5. The summed E-state index contributed by atoms with van der Waals surface area (Å²) in [5, 5.41) is 39.6. The third-order valence-electron chi connectivity index (χ3n) is 7.84. The Morgan fingerprint density at radius 3 is 2.60 bits per heavy atom. The van der Waals surface area contributed by atoms with Crippen LogP contribution in [0.25, 0.3) is 16.9 Å². The Morgan fingerprint density at radius 1 is 1.00 bits per heavy atom. The van der Waals surface area contributed by atoms with E-state index >= 15 is 0 Å². The molecule has 4 aromatic rings. The van der Waals surface area contributed by atoms with Gasteiger partial charge in [0.1, 0.15) is 11.5 Å². The Labute approximate surface area is 238 Å². The highest BCUT2D eigenvalue weighted by molar-refractivity contribution is 5.88. The number of aliphatic hydroxyl groups excluding tert-OH is 1. The van der Waals surface area contributed by atoms with E-state index < -0.39 is 11.9 Å². The summed E-state index contributed by atoms with van der Waals surface area (Å²) in [6.07, 6.45) is 6.83. The fourth-order valence-corrected chi connectivity index (χ4v) is 5.79. The number of aromatic carboxylic acids is 1. The van der Waals surface area contributed by atoms with Crippen molar-refractivity contribution in [3.8, 4) is 11.4 Å². The molecule has 12 nitrogen and oxygen atoms in total. The van der Waals surface area contributed by atoms with Gasteiger partial charge in [0.15, 0.2) is 5.65 Å². The molecule has 42 heavy (non-hydrogen) atoms. The molecule has 1 fully saturated rings. The Kier molecular flexibility index (Phi) is 6.83. The number of aliphatic carboxylic acids is 1. The van der Waals surface area contributed by atoms with E-state index in [2.05, 4.69) is 14.9 Å². The van der Waals surface area contributed by atoms with Crippen molar-refractivity contribution in [1.82, 2.24) is 24.0 Å². The van der Waals surface area contributed by atoms with Crippen molar-refractivity contribution in [3.05, 3.63) is 106 Å². The van der Waals surface area contributed by atoms with Crippen LogP contribution in [0.4, 0.5) is 0 Å². The molecule has 3 aromatic heterocycles. The van der Waals surface area contributed by atoms with Crippen molar-refractivity contribution in [2.24, 2.45) is 0 Å². The standard InChI is InChI=1S/C30H27N5O7/c36-25-6-4-17(13-22(25)29(40)41)18-3-5-23(26(37)14-18)35-24-2-1-9-32-27(24)34(30(35)42)21-8-11-33(16-21)15-20-12-19(28(38)39)7-10-31-20/h1-7,9-10,12,14,17,21,36-37H,8,11,13,15-16H2,(H,38,39)(H,40,41)/t17?,21-/m0/s1. The minimum Gasteiger partial charge on any atom is -0.507 e. The van der Waals surface area contributed by atoms with Gasteiger partial charge in [-0.25, -0.2) is 19.4 Å². The summed E-state index contributed by atoms with van der Waals surface area (Å²) >= 11 is 0. The summed E-state index contributed by atoms with van der Waals surface area (Å²) in [6.45, 7) is 1.64. The number of fused-ring (bicyclic) bond motifs is 1. The number of benzene rings is 1. The lowest BCUT2D eigenvalue weighted by atomic mass is 9.87. The Bertz CT molecular complexity index is 1850. The third kappa shape index (κ3) is 4.81. The van der Waals surface area contributed by atoms with Crippen LogP contribution >= 0.6 is 0 Å². The van der Waals surface area contributed by atoms with Gasteiger partial charge >= 0.3 is 17.6 Å². The van der Waals surface area contributed by atoms with Crippen LogP contribution in [0.2, 0.25) is 0 Å². The lowest BCUT2D eigenvalue weighted by molar-refractivity contribution is -0.133. The second-order valence-corrected chi connectivity index (χ2v) is 10.4. The van der Waals surface area contributed by atoms with Crippen LogP contribution in [0.1, 0.15) is 46.4 Å². The number of aromatic nitrogens is 4. The highest BCUT2D eigenvalue weighted by Crippen LogP contribution is 2.35. The lowest BCUT2D eigenvalue weighted by Gasteiger charge is -2.19. The van der Waals surface area contributed by atoms with E-state index in [9.17, 15) is 34.8 Å². The number of imidazole rings is 1. The lowest BCUT2D eigenvalue weighted by Crippen LogP contribution is -2.29. The van der Waals surface area contributed by atoms with Gasteiger partial charge in [-0.15, -0.1) is 0 Å². The summed E-state index contributed by atoms with van der Waals surface area (Å²) in [5.41, 5.74) is 2.24. The molecule has 1 unspecified atom stereocenters. The van der Waals surface area contributed by atoms with Crippen LogP contribution in [0.5, 0.6) is 5.75 Å². The number of aliphatic hydroxyl groups is 1. The van der Waals surface area contributed by atoms with Crippen LogP contribution in [0.15, 0.2) is 83.1 Å². The number of phenols is 1. The molecule has 1 saturated heterocycles. The van der Waals surface area contributed by atoms with Crippen molar-refractivity contribution in [1.29, 1.82) is 0 Å². The normalized spacial score (nSPS) is 19.0. The zero-order valence-electron chi connectivity index (χ0n) is 22.3. The monoisotopic (exact) mass is 569 g/mol. The number of allylic oxidation sites excluding steroid dienone is 2. The average molecular weight is 570 g/mol. The molecule has 0 spiro atoms. The summed E-state index contributed by atoms with van der Waals surface area (Å²) in [7, 11) is 0. The first kappa shape index (κ1) is 27.0. The SMILES string of the molecule is O=C(O)C1=C(O)C=CC(c2ccc(-n3c(=O)n([C@H]4CCN(Cc5cc(C(=O)O)ccn5)C4)c4ncccc43)c(O)c2)C1. The Hall–Kier alpha value is -5.23. The van der Waals surface area contributed by atoms with Gasteiger partial charge in [0.25, 0.3) is 0 Å². The van der Waals surface area contributed by atoms with Gasteiger partial charge < -0.3 is 20.4 Å². The van der Waals surface area contributed by atoms with E-state index in [1.165, 1.54) is 29.0 Å². The summed E-state index contributed by atoms with van der Waals surface area (Å²) in [5.74, 6) is -3.04. The Balaban J connectivity index is 1.30. The zero-order valence-corrected chi connectivity index (χ0v) is 22.3. The highest BCUT2D eigenvalue weighted by atomic mass is 16.4. The highest BCUT2D eigenvalue weighted by Gasteiger charge is 2.30. The van der Waals surface area contributed by atoms with Gasteiger partial charge in [-0.05, 0) is 60.9 Å². The molecule has 1 aliphatic carbocycles. The quantitative estimate of drug-likeness (QED) is 0.259. The molecule has 12 heteroatoms. The number of carbonyl (C=O) groups is 2. The topological polar surface area (TPSA) is 171 Å². The van der Waals surface area contributed by atoms with E-state index in [0.29, 0.717) is 48.5 Å². The summed E-state index contributed by atoms with van der Waals surface area (Å²) in [6, 6.07) is 11.1. The number of likely N-dealkylation sites (tertiary alicyclic amines) is 1. The molecule has 0 radical (unpaired) electrons. The van der Waals surface area contributed by atoms with Crippen LogP contribution in [-0.2, 0) is 11.3 Å². The van der Waals surface area contributed by atoms with Crippen molar-refractivity contribution in [2.45, 2.75) is 31.3 Å². The molecule has 0 bridgehead atoms. The van der Waals surface area contributed by atoms with Gasteiger partial charge in [0, 0.05) is 37.9 Å². The number of carboxylic acid groups (broad SMARTS) is 2. The van der Waals surface area contributed by atoms with Crippen molar-refractivity contribution in [3.63, 3.8) is 0 Å². The number of carboxylic acids is 2. The number of hydrogen-bond acceptors (Lipinski definition) is 8. The second-order valence-electron chi connectivity index (χ2n) is 10.4. The molecule has 4 heterocycles. The number of pyridine rings is 2. The fourth-order valence-electron chi connectivity index (χ4n) is 5.79. The molecule has 6 rings (SSSR count). The minimum absolute atomic E-state index is 0.0634. The number of nitrogens with zero attached hydrogens (tertiary/aromatic N) is 5. The van der Waals surface area contributed by atoms with E-state index in [1.54, 1.807) is 47.2 Å². The first-order chi connectivity index (χ1) is 20.2. The Morgan fingerprint density at radius 2 is 1.83 bits per heavy atom. The largest absolute Gasteiger partial charge is 0.507 e. The maximum atomic E-state index is 13.9. The molecule has 1 aromatic carbocycles. The van der Waals surface area contributed by atoms with Crippen molar-refractivity contribution < 1.29 is 30.0 Å². The molecule has 0 saturated carbocycles. The summed E-state index contributed by atoms with van der Waals surface area (Å²) in [4.78, 5) is 47.7. The van der Waals surface area contributed by atoms with Gasteiger partial charge in [0.05, 0.1) is 34.1 Å². The van der Waals surface area contributed by atoms with Gasteiger partial charge in [0.2, 0.25) is 0 Å². The molecule has 2 aliphatic rings. The summed E-state index contributed by atoms with van der Waals surface area (Å²) < 4.78 is 3.06. The van der Waals surface area contributed by atoms with E-state index in [0.717, 1.165) is 0 Å². The van der Waals surface area contributed by atoms with Gasteiger partial charge in [-0.3, -0.25) is 19.0 Å². The van der Waals surface area contributed by atoms with Crippen molar-refractivity contribution in [2.75, 3.05) is 13.1 Å². The fraction of sp³-hybridized carbons (Fsp3) is 0.233. The van der Waals surface area contributed by atoms with Gasteiger partial charge in [-0.1, -0.05) is 12.1 Å². The average Bonchev–Trinajstić information content (AvgIpc) is 3.54. The molecule has 4 N–H and O–H groups in total. The van der Waals surface area contributed by atoms with E-state index in [1.807, 2.05) is 0 Å². The van der Waals surface area contributed by atoms with Crippen molar-refractivity contribution >= 4 is 23.1 Å². The molecular formula is C30H27N5O7. The number of aromatic hydroxyl groups is 1. The van der Waals surface area contributed by atoms with Crippen LogP contribution < -0.4 is 5.69 Å². The molecule has 214 valence electrons.